The van der Waals surface area contributed by atoms with Crippen molar-refractivity contribution in [3.63, 3.8) is 0 Å². The van der Waals surface area contributed by atoms with Crippen LogP contribution in [0.3, 0.4) is 0 Å². The van der Waals surface area contributed by atoms with Crippen molar-refractivity contribution in [3.8, 4) is 11.6 Å². The van der Waals surface area contributed by atoms with Gasteiger partial charge in [0.15, 0.2) is 19.4 Å². The largest absolute Gasteiger partial charge is 0.267 e. The normalized spacial score (nSPS) is 17.6. The molecule has 0 bridgehead atoms. The molecule has 6 aromatic rings. The van der Waals surface area contributed by atoms with Gasteiger partial charge in [-0.2, -0.15) is 0 Å². The van der Waals surface area contributed by atoms with E-state index in [2.05, 4.69) is 71.1 Å². The Bertz CT molecular complexity index is 1940. The van der Waals surface area contributed by atoms with E-state index in [1.807, 2.05) is 33.9 Å². The van der Waals surface area contributed by atoms with Crippen LogP contribution >= 0.6 is 0 Å². The molecule has 0 amide bonds. The second-order valence-corrected chi connectivity index (χ2v) is 19.3. The lowest BCUT2D eigenvalue weighted by atomic mass is 9.83. The van der Waals surface area contributed by atoms with Crippen LogP contribution in [0.1, 0.15) is 76.6 Å². The molecular formula is C36H42N10Si. The zero-order chi connectivity index (χ0) is 32.2. The van der Waals surface area contributed by atoms with Crippen molar-refractivity contribution in [1.29, 1.82) is 0 Å². The van der Waals surface area contributed by atoms with Gasteiger partial charge in [0.1, 0.15) is 48.0 Å². The van der Waals surface area contributed by atoms with Gasteiger partial charge in [-0.1, -0.05) is 64.8 Å². The smallest absolute Gasteiger partial charge is 0.169 e. The maximum atomic E-state index is 5.21. The number of imidazole rings is 2. The number of fused-ring (bicyclic) bond motifs is 2. The molecule has 0 aliphatic heterocycles. The highest BCUT2D eigenvalue weighted by Crippen LogP contribution is 2.41. The molecule has 47 heavy (non-hydrogen) atoms. The summed E-state index contributed by atoms with van der Waals surface area (Å²) in [5.41, 5.74) is 5.97. The minimum Gasteiger partial charge on any atom is -0.267 e. The summed E-state index contributed by atoms with van der Waals surface area (Å²) in [5, 5.41) is 2.08. The summed E-state index contributed by atoms with van der Waals surface area (Å²) < 4.78 is 3.99. The molecule has 2 aliphatic carbocycles. The molecule has 0 atom stereocenters. The Balaban J connectivity index is 1.11. The first kappa shape index (κ1) is 30.0. The van der Waals surface area contributed by atoms with Gasteiger partial charge < -0.3 is 0 Å². The van der Waals surface area contributed by atoms with Gasteiger partial charge in [-0.3, -0.25) is 9.13 Å². The summed E-state index contributed by atoms with van der Waals surface area (Å²) in [6, 6.07) is 12.5. The summed E-state index contributed by atoms with van der Waals surface area (Å²) in [6.07, 6.45) is 19.0. The Morgan fingerprint density at radius 1 is 0.596 bits per heavy atom. The van der Waals surface area contributed by atoms with E-state index in [-0.39, 0.29) is 10.8 Å². The van der Waals surface area contributed by atoms with Gasteiger partial charge in [-0.15, -0.1) is 0 Å². The summed E-state index contributed by atoms with van der Waals surface area (Å²) in [6.45, 7) is 9.36. The van der Waals surface area contributed by atoms with Crippen molar-refractivity contribution in [2.75, 3.05) is 0 Å². The third-order valence-electron chi connectivity index (χ3n) is 10.9. The lowest BCUT2D eigenvalue weighted by molar-refractivity contribution is 0.332. The van der Waals surface area contributed by atoms with Gasteiger partial charge >= 0.3 is 0 Å². The fourth-order valence-electron chi connectivity index (χ4n) is 7.92. The predicted molar refractivity (Wildman–Crippen MR) is 186 cm³/mol. The average Bonchev–Trinajstić information content (AvgIpc) is 3.89. The molecule has 2 aliphatic rings. The molecule has 0 N–H and O–H groups in total. The second kappa shape index (κ2) is 11.4. The molecule has 0 radical (unpaired) electrons. The molecule has 6 aromatic heterocycles. The molecule has 0 unspecified atom stereocenters. The van der Waals surface area contributed by atoms with Crippen LogP contribution in [0.15, 0.2) is 61.7 Å². The first-order valence-electron chi connectivity index (χ1n) is 17.0. The van der Waals surface area contributed by atoms with Crippen LogP contribution in [0.5, 0.6) is 0 Å². The van der Waals surface area contributed by atoms with Gasteiger partial charge in [-0.05, 0) is 73.6 Å². The number of nitrogens with zero attached hydrogens (tertiary/aromatic N) is 10. The highest BCUT2D eigenvalue weighted by atomic mass is 28.3. The standard InChI is InChI=1S/C36H42N10Si/c1-35(15-5-6-16-35)19-25-31-33(39-21-37-25)45(23-41-31)27-11-9-13-29(43-27)47(3,4)30-14-10-12-28(44-30)46-24-42-32-26(38-22-40-34(32)46)20-36(2)17-7-8-18-36/h9-14,21-24H,5-8,15-20H2,1-4H3. The monoisotopic (exact) mass is 642 g/mol. The number of hydrogen-bond acceptors (Lipinski definition) is 8. The van der Waals surface area contributed by atoms with Crippen molar-refractivity contribution >= 4 is 41.0 Å². The Morgan fingerprint density at radius 3 is 1.45 bits per heavy atom. The van der Waals surface area contributed by atoms with Crippen molar-refractivity contribution in [3.05, 3.63) is 73.1 Å². The fraction of sp³-hybridized carbons (Fsp3) is 0.444. The zero-order valence-corrected chi connectivity index (χ0v) is 28.8. The van der Waals surface area contributed by atoms with Crippen LogP contribution in [0.4, 0.5) is 0 Å². The molecule has 240 valence electrons. The number of pyridine rings is 2. The Morgan fingerprint density at radius 2 is 1.02 bits per heavy atom. The first-order chi connectivity index (χ1) is 22.7. The van der Waals surface area contributed by atoms with Crippen LogP contribution in [0.25, 0.3) is 34.0 Å². The van der Waals surface area contributed by atoms with E-state index < -0.39 is 8.07 Å². The molecule has 0 saturated heterocycles. The average molecular weight is 643 g/mol. The highest BCUT2D eigenvalue weighted by Gasteiger charge is 2.33. The lowest BCUT2D eigenvalue weighted by Gasteiger charge is -2.23. The van der Waals surface area contributed by atoms with E-state index >= 15 is 0 Å². The van der Waals surface area contributed by atoms with Crippen LogP contribution in [0, 0.1) is 10.8 Å². The third kappa shape index (κ3) is 5.44. The van der Waals surface area contributed by atoms with Crippen molar-refractivity contribution in [2.24, 2.45) is 10.8 Å². The van der Waals surface area contributed by atoms with E-state index in [1.165, 1.54) is 51.4 Å². The molecule has 6 heterocycles. The van der Waals surface area contributed by atoms with Gasteiger partial charge in [0.25, 0.3) is 0 Å². The molecule has 2 saturated carbocycles. The van der Waals surface area contributed by atoms with Crippen molar-refractivity contribution in [2.45, 2.75) is 91.1 Å². The molecule has 11 heteroatoms. The SMILES string of the molecule is CC1(Cc2ncnc3c2ncn3-c2cccc([Si](C)(C)c3cccc(-n4cnc5c(CC6(C)CCCC6)ncnc54)n3)n2)CCCC1. The van der Waals surface area contributed by atoms with E-state index in [0.717, 1.165) is 68.8 Å². The van der Waals surface area contributed by atoms with Crippen LogP contribution < -0.4 is 10.6 Å². The van der Waals surface area contributed by atoms with Gasteiger partial charge in [-0.25, -0.2) is 39.9 Å². The minimum absolute atomic E-state index is 0.284. The zero-order valence-electron chi connectivity index (χ0n) is 27.8. The van der Waals surface area contributed by atoms with E-state index in [0.29, 0.717) is 0 Å². The Labute approximate surface area is 276 Å². The topological polar surface area (TPSA) is 113 Å². The quantitative estimate of drug-likeness (QED) is 0.192. The summed E-state index contributed by atoms with van der Waals surface area (Å²) in [5.74, 6) is 1.61. The van der Waals surface area contributed by atoms with E-state index in [1.54, 1.807) is 12.7 Å². The van der Waals surface area contributed by atoms with Crippen molar-refractivity contribution < 1.29 is 0 Å². The molecule has 8 rings (SSSR count). The molecule has 2 fully saturated rings. The van der Waals surface area contributed by atoms with E-state index in [9.17, 15) is 0 Å². The van der Waals surface area contributed by atoms with Gasteiger partial charge in [0, 0.05) is 10.6 Å². The highest BCUT2D eigenvalue weighted by molar-refractivity contribution is 6.99. The predicted octanol–water partition coefficient (Wildman–Crippen LogP) is 5.80. The fourth-order valence-corrected chi connectivity index (χ4v) is 10.00. The van der Waals surface area contributed by atoms with Crippen LogP contribution in [-0.4, -0.2) is 57.1 Å². The van der Waals surface area contributed by atoms with Crippen LogP contribution in [-0.2, 0) is 12.8 Å². The summed E-state index contributed by atoms with van der Waals surface area (Å²) >= 11 is 0. The number of aromatic nitrogens is 10. The molecule has 0 aromatic carbocycles. The Kier molecular flexibility index (Phi) is 7.27. The number of rotatable bonds is 8. The summed E-state index contributed by atoms with van der Waals surface area (Å²) in [4.78, 5) is 38.7. The maximum Gasteiger partial charge on any atom is 0.169 e. The maximum absolute atomic E-state index is 5.21. The first-order valence-corrected chi connectivity index (χ1v) is 20.0. The summed E-state index contributed by atoms with van der Waals surface area (Å²) in [7, 11) is -2.32. The van der Waals surface area contributed by atoms with Gasteiger partial charge in [0.05, 0.1) is 11.4 Å². The second-order valence-electron chi connectivity index (χ2n) is 15.0. The molecule has 10 nitrogen and oxygen atoms in total. The van der Waals surface area contributed by atoms with E-state index in [4.69, 9.17) is 19.9 Å². The van der Waals surface area contributed by atoms with Crippen molar-refractivity contribution in [1.82, 2.24) is 49.0 Å². The Hall–Kier alpha value is -4.38. The third-order valence-corrected chi connectivity index (χ3v) is 14.0. The van der Waals surface area contributed by atoms with Crippen LogP contribution in [0.2, 0.25) is 13.1 Å². The molecule has 0 spiro atoms. The molecular weight excluding hydrogens is 601 g/mol. The minimum atomic E-state index is -2.32. The lowest BCUT2D eigenvalue weighted by Crippen LogP contribution is -2.55. The number of hydrogen-bond donors (Lipinski definition) is 0. The van der Waals surface area contributed by atoms with Gasteiger partial charge in [0.2, 0.25) is 0 Å².